The van der Waals surface area contributed by atoms with Crippen LogP contribution in [0.1, 0.15) is 5.56 Å². The molecule has 1 aromatic carbocycles. The van der Waals surface area contributed by atoms with E-state index in [-0.39, 0.29) is 11.7 Å². The van der Waals surface area contributed by atoms with Crippen LogP contribution in [0, 0.1) is 0 Å². The van der Waals surface area contributed by atoms with Gasteiger partial charge < -0.3 is 25.6 Å². The Bertz CT molecular complexity index is 395. The Morgan fingerprint density at radius 3 is 2.65 bits per heavy atom. The summed E-state index contributed by atoms with van der Waals surface area (Å²) in [5.41, 5.74) is 6.72. The van der Waals surface area contributed by atoms with Crippen LogP contribution in [0.3, 0.4) is 0 Å². The normalized spacial score (nSPS) is 12.1. The summed E-state index contributed by atoms with van der Waals surface area (Å²) in [5, 5.41) is 11.9. The lowest BCUT2D eigenvalue weighted by Crippen LogP contribution is -2.43. The van der Waals surface area contributed by atoms with E-state index in [4.69, 9.17) is 15.2 Å². The fourth-order valence-corrected chi connectivity index (χ4v) is 1.60. The van der Waals surface area contributed by atoms with Crippen LogP contribution in [0.2, 0.25) is 0 Å². The van der Waals surface area contributed by atoms with Crippen molar-refractivity contribution < 1.29 is 19.4 Å². The van der Waals surface area contributed by atoms with Gasteiger partial charge in [0.1, 0.15) is 5.75 Å². The van der Waals surface area contributed by atoms with Gasteiger partial charge in [0.2, 0.25) is 5.91 Å². The molecular weight excluding hydrogens is 260 g/mol. The van der Waals surface area contributed by atoms with E-state index in [2.05, 4.69) is 5.32 Å². The van der Waals surface area contributed by atoms with Gasteiger partial charge >= 0.3 is 0 Å². The van der Waals surface area contributed by atoms with Crippen LogP contribution >= 0.6 is 0 Å². The smallest absolute Gasteiger partial charge is 0.237 e. The highest BCUT2D eigenvalue weighted by molar-refractivity contribution is 5.81. The molecule has 4 N–H and O–H groups in total. The topological polar surface area (TPSA) is 93.8 Å². The van der Waals surface area contributed by atoms with Crippen LogP contribution in [-0.4, -0.2) is 50.5 Å². The largest absolute Gasteiger partial charge is 0.508 e. The molecule has 6 nitrogen and oxygen atoms in total. The van der Waals surface area contributed by atoms with Crippen molar-refractivity contribution in [2.45, 2.75) is 12.5 Å². The first-order valence-corrected chi connectivity index (χ1v) is 6.51. The number of nitrogens with one attached hydrogen (secondary N) is 1. The molecule has 1 amide bonds. The number of ether oxygens (including phenoxy) is 2. The molecule has 0 unspecified atom stereocenters. The molecule has 1 rings (SSSR count). The minimum atomic E-state index is -0.612. The number of benzene rings is 1. The van der Waals surface area contributed by atoms with Gasteiger partial charge in [-0.1, -0.05) is 12.1 Å². The maximum atomic E-state index is 11.7. The van der Waals surface area contributed by atoms with Gasteiger partial charge in [0, 0.05) is 13.7 Å². The average Bonchev–Trinajstić information content (AvgIpc) is 2.45. The van der Waals surface area contributed by atoms with Crippen molar-refractivity contribution >= 4 is 5.91 Å². The summed E-state index contributed by atoms with van der Waals surface area (Å²) in [6.45, 7) is 1.90. The Hall–Kier alpha value is -1.63. The highest BCUT2D eigenvalue weighted by Gasteiger charge is 2.13. The molecule has 112 valence electrons. The number of hydrogen-bond acceptors (Lipinski definition) is 5. The summed E-state index contributed by atoms with van der Waals surface area (Å²) >= 11 is 0. The van der Waals surface area contributed by atoms with Gasteiger partial charge in [-0.15, -0.1) is 0 Å². The molecule has 0 heterocycles. The van der Waals surface area contributed by atoms with Crippen LogP contribution in [0.25, 0.3) is 0 Å². The van der Waals surface area contributed by atoms with E-state index >= 15 is 0 Å². The highest BCUT2D eigenvalue weighted by Crippen LogP contribution is 2.10. The van der Waals surface area contributed by atoms with Gasteiger partial charge in [0.05, 0.1) is 25.9 Å². The lowest BCUT2D eigenvalue weighted by Gasteiger charge is -2.12. The van der Waals surface area contributed by atoms with Crippen LogP contribution < -0.4 is 11.1 Å². The van der Waals surface area contributed by atoms with Crippen molar-refractivity contribution in [2.24, 2.45) is 5.73 Å². The quantitative estimate of drug-likeness (QED) is 0.556. The van der Waals surface area contributed by atoms with Gasteiger partial charge in [-0.25, -0.2) is 0 Å². The molecule has 0 fully saturated rings. The van der Waals surface area contributed by atoms with Crippen molar-refractivity contribution in [3.63, 3.8) is 0 Å². The number of carbonyl (C=O) groups is 1. The van der Waals surface area contributed by atoms with Crippen LogP contribution in [0.4, 0.5) is 0 Å². The lowest BCUT2D eigenvalue weighted by molar-refractivity contribution is -0.122. The number of methoxy groups -OCH3 is 1. The number of amides is 1. The molecule has 0 bridgehead atoms. The number of aromatic hydroxyl groups is 1. The molecule has 0 aliphatic rings. The zero-order valence-electron chi connectivity index (χ0n) is 11.7. The lowest BCUT2D eigenvalue weighted by atomic mass is 10.1. The second kappa shape index (κ2) is 9.30. The minimum Gasteiger partial charge on any atom is -0.508 e. The minimum absolute atomic E-state index is 0.194. The summed E-state index contributed by atoms with van der Waals surface area (Å²) < 4.78 is 10.1. The summed E-state index contributed by atoms with van der Waals surface area (Å²) in [6, 6.07) is 6.03. The molecule has 1 atom stereocenters. The molecule has 0 radical (unpaired) electrons. The number of nitrogens with two attached hydrogens (primary N) is 1. The molecule has 0 aromatic heterocycles. The van der Waals surface area contributed by atoms with Gasteiger partial charge in [0.15, 0.2) is 0 Å². The number of rotatable bonds is 9. The van der Waals surface area contributed by atoms with Crippen LogP contribution in [0.15, 0.2) is 24.3 Å². The maximum Gasteiger partial charge on any atom is 0.237 e. The third-order valence-electron chi connectivity index (χ3n) is 2.71. The molecule has 0 aliphatic carbocycles. The van der Waals surface area contributed by atoms with Crippen LogP contribution in [0.5, 0.6) is 5.75 Å². The van der Waals surface area contributed by atoms with Crippen molar-refractivity contribution in [1.29, 1.82) is 0 Å². The SMILES string of the molecule is COCCOCCNC(=O)[C@H](N)Cc1ccc(O)cc1. The number of hydrogen-bond donors (Lipinski definition) is 3. The second-order valence-corrected chi connectivity index (χ2v) is 4.37. The monoisotopic (exact) mass is 282 g/mol. The molecule has 1 aromatic rings. The molecule has 0 saturated carbocycles. The Balaban J connectivity index is 2.20. The van der Waals surface area contributed by atoms with E-state index in [9.17, 15) is 9.90 Å². The Kier molecular flexibility index (Phi) is 7.64. The van der Waals surface area contributed by atoms with Crippen molar-refractivity contribution in [3.05, 3.63) is 29.8 Å². The predicted molar refractivity (Wildman–Crippen MR) is 75.5 cm³/mol. The van der Waals surface area contributed by atoms with Gasteiger partial charge in [0.25, 0.3) is 0 Å². The fourth-order valence-electron chi connectivity index (χ4n) is 1.60. The van der Waals surface area contributed by atoms with E-state index in [0.29, 0.717) is 32.8 Å². The van der Waals surface area contributed by atoms with E-state index in [1.54, 1.807) is 31.4 Å². The molecule has 0 spiro atoms. The van der Waals surface area contributed by atoms with Gasteiger partial charge in [-0.3, -0.25) is 4.79 Å². The molecule has 6 heteroatoms. The summed E-state index contributed by atoms with van der Waals surface area (Å²) in [4.78, 5) is 11.7. The molecule has 20 heavy (non-hydrogen) atoms. The Labute approximate surface area is 118 Å². The predicted octanol–water partition coefficient (Wildman–Crippen LogP) is 0.0412. The highest BCUT2D eigenvalue weighted by atomic mass is 16.5. The number of carbonyl (C=O) groups excluding carboxylic acids is 1. The Morgan fingerprint density at radius 1 is 1.30 bits per heavy atom. The number of phenolic OH excluding ortho intramolecular Hbond substituents is 1. The molecule has 0 saturated heterocycles. The van der Waals surface area contributed by atoms with Gasteiger partial charge in [-0.05, 0) is 24.1 Å². The zero-order valence-corrected chi connectivity index (χ0v) is 11.7. The average molecular weight is 282 g/mol. The van der Waals surface area contributed by atoms with Crippen molar-refractivity contribution in [1.82, 2.24) is 5.32 Å². The third kappa shape index (κ3) is 6.51. The summed E-state index contributed by atoms with van der Waals surface area (Å²) in [7, 11) is 1.60. The van der Waals surface area contributed by atoms with E-state index in [1.807, 2.05) is 0 Å². The summed E-state index contributed by atoms with van der Waals surface area (Å²) in [6.07, 6.45) is 0.427. The van der Waals surface area contributed by atoms with E-state index in [0.717, 1.165) is 5.56 Å². The van der Waals surface area contributed by atoms with Crippen LogP contribution in [-0.2, 0) is 20.7 Å². The van der Waals surface area contributed by atoms with Gasteiger partial charge in [-0.2, -0.15) is 0 Å². The molecular formula is C14H22N2O4. The van der Waals surface area contributed by atoms with Crippen molar-refractivity contribution in [3.8, 4) is 5.75 Å². The maximum absolute atomic E-state index is 11.7. The first-order chi connectivity index (χ1) is 9.63. The van der Waals surface area contributed by atoms with E-state index < -0.39 is 6.04 Å². The third-order valence-corrected chi connectivity index (χ3v) is 2.71. The Morgan fingerprint density at radius 2 is 2.00 bits per heavy atom. The zero-order chi connectivity index (χ0) is 14.8. The first kappa shape index (κ1) is 16.4. The number of phenols is 1. The van der Waals surface area contributed by atoms with Crippen molar-refractivity contribution in [2.75, 3.05) is 33.5 Å². The first-order valence-electron chi connectivity index (χ1n) is 6.51. The standard InChI is InChI=1S/C14H22N2O4/c1-19-8-9-20-7-6-16-14(18)13(15)10-11-2-4-12(17)5-3-11/h2-5,13,17H,6-10,15H2,1H3,(H,16,18)/t13-/m1/s1. The second-order valence-electron chi connectivity index (χ2n) is 4.37. The fraction of sp³-hybridized carbons (Fsp3) is 0.500. The summed E-state index contributed by atoms with van der Waals surface area (Å²) in [5.74, 6) is -0.0200. The van der Waals surface area contributed by atoms with E-state index in [1.165, 1.54) is 0 Å². The molecule has 0 aliphatic heterocycles.